The van der Waals surface area contributed by atoms with Crippen LogP contribution in [0.5, 0.6) is 11.5 Å². The van der Waals surface area contributed by atoms with E-state index < -0.39 is 289 Å². The van der Waals surface area contributed by atoms with Gasteiger partial charge in [-0.1, -0.05) is 0 Å². The maximum Gasteiger partial charge on any atom is 1.00 e. The standard InChI is InChI=1S/C53H86N2O43P2.4Na/c1-15(59)54-26-33(66)43(20(9-57)89-47(26)87-18-6-4-17(82-3)5-7-18)95-48-27(55-16(2)60)34(67)44(21(10-58)90-48)96-52-42(75)45(97-53-46(38(71)28(61)19(8-56)88-53)98-51-41(74)37(70)31(64)25(94-51)14-86-100(79,80)81)32(65)23(93-52)12-84-49-39(72)35(68)29(62)22(91-49)11-83-50-40(73)36(69)30(63)24(92-50)13-85-99(76,77)78;;;;/h4-7,19-53,56-58,61-75H,8-14H2,1-3H3,(H,54,59)(H,55,60)(H2,76,77,78)(H2,79,80,81);;;;/q;4*+1/p-4. The van der Waals surface area contributed by atoms with Crippen molar-refractivity contribution in [3.63, 3.8) is 0 Å². The minimum atomic E-state index is -5.81. The summed E-state index contributed by atoms with van der Waals surface area (Å²) in [5.74, 6) is -1.08. The molecular weight excluding hydrogens is 1510 g/mol. The van der Waals surface area contributed by atoms with Gasteiger partial charge in [0.2, 0.25) is 18.1 Å². The van der Waals surface area contributed by atoms with Crippen LogP contribution in [0.2, 0.25) is 0 Å². The van der Waals surface area contributed by atoms with Gasteiger partial charge >= 0.3 is 118 Å². The summed E-state index contributed by atoms with van der Waals surface area (Å²) in [7, 11) is -10.1. The van der Waals surface area contributed by atoms with Crippen molar-refractivity contribution in [1.82, 2.24) is 10.6 Å². The van der Waals surface area contributed by atoms with E-state index in [0.717, 1.165) is 13.8 Å². The summed E-state index contributed by atoms with van der Waals surface area (Å²) in [4.78, 5) is 70.5. The Morgan fingerprint density at radius 2 is 0.702 bits per heavy atom. The quantitative estimate of drug-likeness (QED) is 0.0274. The Bertz CT molecular complexity index is 2860. The molecule has 576 valence electrons. The molecule has 2 amide bonds. The van der Waals surface area contributed by atoms with Crippen LogP contribution in [0.15, 0.2) is 24.3 Å². The van der Waals surface area contributed by atoms with E-state index in [2.05, 4.69) is 19.7 Å². The number of benzene rings is 1. The summed E-state index contributed by atoms with van der Waals surface area (Å²) in [5.41, 5.74) is 0. The minimum Gasteiger partial charge on any atom is -0.790 e. The van der Waals surface area contributed by atoms with Gasteiger partial charge in [-0.15, -0.1) is 0 Å². The summed E-state index contributed by atoms with van der Waals surface area (Å²) in [5, 5.41) is 205. The molecule has 1 aromatic rings. The van der Waals surface area contributed by atoms with Crippen LogP contribution < -0.4 is 158 Å². The average Bonchev–Trinajstić information content (AvgIpc) is 0.771. The number of hydrogen-bond acceptors (Lipinski definition) is 43. The van der Waals surface area contributed by atoms with E-state index in [1.54, 1.807) is 0 Å². The van der Waals surface area contributed by atoms with Crippen molar-refractivity contribution in [2.45, 2.75) is 229 Å². The van der Waals surface area contributed by atoms with Gasteiger partial charge in [0.05, 0.1) is 69.0 Å². The van der Waals surface area contributed by atoms with E-state index in [1.165, 1.54) is 31.4 Å². The maximum absolute atomic E-state index is 13.0. The van der Waals surface area contributed by atoms with Gasteiger partial charge < -0.3 is 211 Å². The molecule has 8 rings (SSSR count). The van der Waals surface area contributed by atoms with Crippen molar-refractivity contribution in [3.05, 3.63) is 24.3 Å². The molecule has 0 aromatic heterocycles. The van der Waals surface area contributed by atoms with Gasteiger partial charge in [0.15, 0.2) is 37.7 Å². The van der Waals surface area contributed by atoms with Crippen LogP contribution in [0.4, 0.5) is 0 Å². The van der Waals surface area contributed by atoms with Crippen molar-refractivity contribution in [1.29, 1.82) is 0 Å². The first-order valence-electron chi connectivity index (χ1n) is 30.6. The van der Waals surface area contributed by atoms with E-state index in [-0.39, 0.29) is 124 Å². The second-order valence-corrected chi connectivity index (χ2v) is 26.3. The maximum atomic E-state index is 13.0. The molecule has 0 bridgehead atoms. The van der Waals surface area contributed by atoms with Crippen molar-refractivity contribution < 1.29 is 329 Å². The zero-order valence-corrected chi connectivity index (χ0v) is 66.4. The first-order chi connectivity index (χ1) is 47.0. The SMILES string of the molecule is COc1ccc(OC2OC(CO)C(OC3OC(CO)C(OC4OC(COC5OC(COC6OC(COP(=O)([O-])[O-])C(O)C(O)C6O)C(O)C(O)C5O)C(O)C(OC5OC(CO)C(O)C(O)C5OC5OC(COP(=O)([O-])[O-])C(O)C(O)C5O)C4O)C(O)C3NC(C)=O)C(O)C2NC(C)=O)cc1.[Na+].[Na+].[Na+].[Na+]. The van der Waals surface area contributed by atoms with Crippen LogP contribution in [0.25, 0.3) is 0 Å². The molecule has 7 fully saturated rings. The van der Waals surface area contributed by atoms with Crippen LogP contribution in [0, 0.1) is 0 Å². The first-order valence-corrected chi connectivity index (χ1v) is 33.6. The van der Waals surface area contributed by atoms with Crippen molar-refractivity contribution in [2.24, 2.45) is 0 Å². The fraction of sp³-hybridized carbons (Fsp3) is 0.849. The number of amides is 2. The monoisotopic (exact) mass is 1590 g/mol. The molecule has 35 atom stereocenters. The van der Waals surface area contributed by atoms with E-state index in [1.807, 2.05) is 0 Å². The van der Waals surface area contributed by atoms with E-state index in [0.29, 0.717) is 5.75 Å². The van der Waals surface area contributed by atoms with Gasteiger partial charge in [-0.2, -0.15) is 0 Å². The number of phosphoric ester groups is 2. The molecule has 35 unspecified atom stereocenters. The molecule has 0 aliphatic carbocycles. The molecule has 7 aliphatic heterocycles. The molecule has 0 saturated carbocycles. The van der Waals surface area contributed by atoms with Gasteiger partial charge in [-0.3, -0.25) is 9.59 Å². The van der Waals surface area contributed by atoms with Crippen LogP contribution in [-0.2, 0) is 89.3 Å². The molecule has 1 aromatic carbocycles. The summed E-state index contributed by atoms with van der Waals surface area (Å²) in [6.07, 6.45) is -70.3. The third-order valence-electron chi connectivity index (χ3n) is 17.0. The van der Waals surface area contributed by atoms with E-state index in [9.17, 15) is 130 Å². The van der Waals surface area contributed by atoms with Crippen LogP contribution >= 0.6 is 15.6 Å². The third kappa shape index (κ3) is 24.4. The molecule has 0 radical (unpaired) electrons. The Morgan fingerprint density at radius 1 is 0.375 bits per heavy atom. The van der Waals surface area contributed by atoms with Gasteiger partial charge in [-0.25, -0.2) is 0 Å². The molecule has 7 saturated heterocycles. The molecule has 20 N–H and O–H groups in total. The molecule has 7 heterocycles. The second-order valence-electron chi connectivity index (χ2n) is 24.0. The van der Waals surface area contributed by atoms with E-state index in [4.69, 9.17) is 71.1 Å². The fourth-order valence-electron chi connectivity index (χ4n) is 11.8. The number of hydrogen-bond donors (Lipinski definition) is 20. The summed E-state index contributed by atoms with van der Waals surface area (Å²) < 4.78 is 117. The number of rotatable bonds is 28. The van der Waals surface area contributed by atoms with Crippen molar-refractivity contribution in [3.8, 4) is 11.5 Å². The molecule has 45 nitrogen and oxygen atoms in total. The van der Waals surface area contributed by atoms with Crippen LogP contribution in [0.1, 0.15) is 13.8 Å². The van der Waals surface area contributed by atoms with Gasteiger partial charge in [-0.05, 0) is 24.3 Å². The normalized spacial score (nSPS) is 42.7. The molecule has 104 heavy (non-hydrogen) atoms. The van der Waals surface area contributed by atoms with Crippen molar-refractivity contribution >= 4 is 27.5 Å². The Hall–Kier alpha value is 0.740. The number of aliphatic hydroxyl groups is 18. The number of nitrogens with one attached hydrogen (secondary N) is 2. The Labute approximate surface area is 678 Å². The number of carbonyl (C=O) groups excluding carboxylic acids is 2. The smallest absolute Gasteiger partial charge is 0.790 e. The van der Waals surface area contributed by atoms with Gasteiger partial charge in [0, 0.05) is 13.8 Å². The molecule has 51 heteroatoms. The summed E-state index contributed by atoms with van der Waals surface area (Å²) in [6, 6.07) is 2.56. The van der Waals surface area contributed by atoms with Gasteiger partial charge in [0.25, 0.3) is 0 Å². The van der Waals surface area contributed by atoms with Crippen LogP contribution in [-0.4, -0.2) is 372 Å². The minimum absolute atomic E-state index is 0. The predicted octanol–water partition coefficient (Wildman–Crippen LogP) is -28.2. The zero-order valence-electron chi connectivity index (χ0n) is 56.6. The Kier molecular flexibility index (Phi) is 40.1. The topological polar surface area (TPSA) is 706 Å². The third-order valence-corrected chi connectivity index (χ3v) is 18.0. The Morgan fingerprint density at radius 3 is 1.12 bits per heavy atom. The van der Waals surface area contributed by atoms with Crippen molar-refractivity contribution in [2.75, 3.05) is 53.4 Å². The largest absolute Gasteiger partial charge is 1.00 e. The first kappa shape index (κ1) is 97.1. The Balaban J connectivity index is 0.00000572. The number of carbonyl (C=O) groups is 2. The number of aliphatic hydroxyl groups excluding tert-OH is 18. The zero-order chi connectivity index (χ0) is 73.7. The predicted molar refractivity (Wildman–Crippen MR) is 299 cm³/mol. The van der Waals surface area contributed by atoms with E-state index >= 15 is 0 Å². The summed E-state index contributed by atoms with van der Waals surface area (Å²) >= 11 is 0. The number of phosphoric acid groups is 2. The molecular formula is C53H82N2Na4O43P2. The van der Waals surface area contributed by atoms with Crippen LogP contribution in [0.3, 0.4) is 0 Å². The number of methoxy groups -OCH3 is 1. The average molecular weight is 1590 g/mol. The molecule has 0 spiro atoms. The summed E-state index contributed by atoms with van der Waals surface area (Å²) in [6.45, 7) is -5.90. The second kappa shape index (κ2) is 42.9. The molecule has 7 aliphatic rings. The number of ether oxygens (including phenoxy) is 15. The van der Waals surface area contributed by atoms with Gasteiger partial charge in [0.1, 0.15) is 182 Å². The fourth-order valence-corrected chi connectivity index (χ4v) is 12.4.